The minimum absolute atomic E-state index is 0.0317. The lowest BCUT2D eigenvalue weighted by Gasteiger charge is -2.34. The zero-order chi connectivity index (χ0) is 25.4. The van der Waals surface area contributed by atoms with Crippen molar-refractivity contribution < 1.29 is 0 Å². The number of piperazine rings is 1. The van der Waals surface area contributed by atoms with Crippen LogP contribution in [0.5, 0.6) is 0 Å². The molecule has 9 heteroatoms. The van der Waals surface area contributed by atoms with Gasteiger partial charge in [0.15, 0.2) is 0 Å². The molecule has 1 saturated heterocycles. The summed E-state index contributed by atoms with van der Waals surface area (Å²) < 4.78 is 1.73. The molecule has 188 valence electrons. The summed E-state index contributed by atoms with van der Waals surface area (Å²) in [5.74, 6) is 0.477. The molecule has 0 saturated carbocycles. The largest absolute Gasteiger partial charge is 0.369 e. The minimum atomic E-state index is -0.0317. The molecule has 7 nitrogen and oxygen atoms in total. The molecule has 6 rings (SSSR count). The quantitative estimate of drug-likeness (QED) is 0.302. The van der Waals surface area contributed by atoms with E-state index in [1.165, 1.54) is 15.4 Å². The van der Waals surface area contributed by atoms with E-state index in [2.05, 4.69) is 68.9 Å². The molecule has 0 aliphatic carbocycles. The Balaban J connectivity index is 1.27. The number of nitrogens with zero attached hydrogens (tertiary/aromatic N) is 5. The second-order valence-corrected chi connectivity index (χ2v) is 11.2. The molecule has 0 atom stereocenters. The van der Waals surface area contributed by atoms with Crippen molar-refractivity contribution in [3.63, 3.8) is 0 Å². The number of pyridine rings is 1. The lowest BCUT2D eigenvalue weighted by Crippen LogP contribution is -2.44. The van der Waals surface area contributed by atoms with Gasteiger partial charge in [-0.05, 0) is 67.9 Å². The highest BCUT2D eigenvalue weighted by Crippen LogP contribution is 2.36. The summed E-state index contributed by atoms with van der Waals surface area (Å²) in [6, 6.07) is 18.6. The highest BCUT2D eigenvalue weighted by atomic mass is 32.1. The van der Waals surface area contributed by atoms with Gasteiger partial charge in [0.05, 0.1) is 5.56 Å². The third-order valence-corrected chi connectivity index (χ3v) is 8.95. The van der Waals surface area contributed by atoms with Gasteiger partial charge in [-0.3, -0.25) is 9.36 Å². The van der Waals surface area contributed by atoms with Gasteiger partial charge in [-0.1, -0.05) is 6.07 Å². The Kier molecular flexibility index (Phi) is 6.50. The van der Waals surface area contributed by atoms with Crippen LogP contribution in [0, 0.1) is 0 Å². The first-order valence-electron chi connectivity index (χ1n) is 12.4. The lowest BCUT2D eigenvalue weighted by molar-refractivity contribution is 0.313. The first kappa shape index (κ1) is 23.8. The molecule has 37 heavy (non-hydrogen) atoms. The van der Waals surface area contributed by atoms with E-state index in [1.807, 2.05) is 25.1 Å². The second-order valence-electron chi connectivity index (χ2n) is 9.18. The number of likely N-dealkylation sites (N-methyl/N-ethyl adjacent to an activating group) is 1. The van der Waals surface area contributed by atoms with Gasteiger partial charge in [0.1, 0.15) is 5.65 Å². The van der Waals surface area contributed by atoms with Crippen molar-refractivity contribution in [3.8, 4) is 20.2 Å². The van der Waals surface area contributed by atoms with Crippen LogP contribution in [0.1, 0.15) is 6.92 Å². The van der Waals surface area contributed by atoms with Crippen molar-refractivity contribution in [2.75, 3.05) is 43.4 Å². The molecule has 4 aromatic heterocycles. The number of nitrogens with one attached hydrogen (secondary N) is 1. The van der Waals surface area contributed by atoms with Crippen LogP contribution < -0.4 is 15.8 Å². The summed E-state index contributed by atoms with van der Waals surface area (Å²) in [6.07, 6.45) is 1.80. The van der Waals surface area contributed by atoms with E-state index in [0.29, 0.717) is 23.7 Å². The van der Waals surface area contributed by atoms with Crippen LogP contribution >= 0.6 is 22.7 Å². The molecule has 0 radical (unpaired) electrons. The Bertz CT molecular complexity index is 1580. The summed E-state index contributed by atoms with van der Waals surface area (Å²) in [6.45, 7) is 6.73. The average molecular weight is 529 g/mol. The number of hydrogen-bond acceptors (Lipinski definition) is 8. The molecular formula is C28H28N6OS2. The monoisotopic (exact) mass is 528 g/mol. The SMILES string of the molecule is CCn1c(=O)c(-c2ccc(-c3cccs3)s2)cc2cnc(Nc3ccc(N4CCN(C)CC4)cc3)nc21. The van der Waals surface area contributed by atoms with Crippen LogP contribution in [-0.2, 0) is 6.54 Å². The van der Waals surface area contributed by atoms with Crippen molar-refractivity contribution in [1.29, 1.82) is 0 Å². The maximum Gasteiger partial charge on any atom is 0.260 e. The minimum Gasteiger partial charge on any atom is -0.369 e. The van der Waals surface area contributed by atoms with E-state index in [-0.39, 0.29) is 5.56 Å². The lowest BCUT2D eigenvalue weighted by atomic mass is 10.2. The highest BCUT2D eigenvalue weighted by Gasteiger charge is 2.16. The maximum atomic E-state index is 13.5. The predicted molar refractivity (Wildman–Crippen MR) is 156 cm³/mol. The van der Waals surface area contributed by atoms with Crippen molar-refractivity contribution >= 4 is 51.0 Å². The normalized spacial score (nSPS) is 14.4. The van der Waals surface area contributed by atoms with Gasteiger partial charge in [-0.25, -0.2) is 4.98 Å². The Morgan fingerprint density at radius 1 is 0.973 bits per heavy atom. The topological polar surface area (TPSA) is 66.3 Å². The Morgan fingerprint density at radius 2 is 1.76 bits per heavy atom. The number of fused-ring (bicyclic) bond motifs is 1. The summed E-state index contributed by atoms with van der Waals surface area (Å²) in [4.78, 5) is 30.9. The molecule has 0 unspecified atom stereocenters. The van der Waals surface area contributed by atoms with Crippen LogP contribution in [0.2, 0.25) is 0 Å². The van der Waals surface area contributed by atoms with Crippen molar-refractivity contribution in [2.45, 2.75) is 13.5 Å². The molecule has 0 bridgehead atoms. The van der Waals surface area contributed by atoms with Gasteiger partial charge in [-0.15, -0.1) is 22.7 Å². The van der Waals surface area contributed by atoms with E-state index in [1.54, 1.807) is 33.4 Å². The highest BCUT2D eigenvalue weighted by molar-refractivity contribution is 7.23. The third kappa shape index (κ3) is 4.77. The van der Waals surface area contributed by atoms with Crippen LogP contribution in [0.4, 0.5) is 17.3 Å². The molecule has 1 aliphatic heterocycles. The van der Waals surface area contributed by atoms with Crippen LogP contribution in [0.3, 0.4) is 0 Å². The summed E-state index contributed by atoms with van der Waals surface area (Å²) in [5.41, 5.74) is 3.43. The molecule has 0 spiro atoms. The fourth-order valence-electron chi connectivity index (χ4n) is 4.67. The zero-order valence-electron chi connectivity index (χ0n) is 20.8. The van der Waals surface area contributed by atoms with Crippen molar-refractivity contribution in [3.05, 3.63) is 76.5 Å². The van der Waals surface area contributed by atoms with E-state index in [0.717, 1.165) is 42.1 Å². The smallest absolute Gasteiger partial charge is 0.260 e. The van der Waals surface area contributed by atoms with Gasteiger partial charge >= 0.3 is 0 Å². The molecule has 1 fully saturated rings. The number of aryl methyl sites for hydroxylation is 1. The molecule has 1 aromatic carbocycles. The average Bonchev–Trinajstić information content (AvgIpc) is 3.62. The first-order valence-corrected chi connectivity index (χ1v) is 14.1. The first-order chi connectivity index (χ1) is 18.1. The number of hydrogen-bond donors (Lipinski definition) is 1. The molecule has 5 aromatic rings. The number of rotatable bonds is 6. The Hall–Kier alpha value is -3.53. The summed E-state index contributed by atoms with van der Waals surface area (Å²) in [7, 11) is 2.16. The zero-order valence-corrected chi connectivity index (χ0v) is 22.5. The van der Waals surface area contributed by atoms with E-state index in [4.69, 9.17) is 4.98 Å². The third-order valence-electron chi connectivity index (χ3n) is 6.77. The molecule has 0 amide bonds. The Morgan fingerprint density at radius 3 is 2.49 bits per heavy atom. The van der Waals surface area contributed by atoms with E-state index >= 15 is 0 Å². The van der Waals surface area contributed by atoms with Crippen molar-refractivity contribution in [2.24, 2.45) is 0 Å². The van der Waals surface area contributed by atoms with E-state index in [9.17, 15) is 4.79 Å². The van der Waals surface area contributed by atoms with Gasteiger partial charge in [0.2, 0.25) is 5.95 Å². The van der Waals surface area contributed by atoms with Crippen LogP contribution in [0.15, 0.2) is 71.0 Å². The van der Waals surface area contributed by atoms with Gasteiger partial charge in [0.25, 0.3) is 5.56 Å². The van der Waals surface area contributed by atoms with Gasteiger partial charge in [-0.2, -0.15) is 4.98 Å². The summed E-state index contributed by atoms with van der Waals surface area (Å²) in [5, 5.41) is 6.22. The second kappa shape index (κ2) is 10.1. The van der Waals surface area contributed by atoms with Gasteiger partial charge < -0.3 is 15.1 Å². The summed E-state index contributed by atoms with van der Waals surface area (Å²) >= 11 is 3.35. The number of thiophene rings is 2. The molecular weight excluding hydrogens is 500 g/mol. The van der Waals surface area contributed by atoms with Gasteiger partial charge in [0, 0.05) is 70.3 Å². The maximum absolute atomic E-state index is 13.5. The number of anilines is 3. The Labute approximate surface area is 223 Å². The number of aromatic nitrogens is 3. The fourth-order valence-corrected chi connectivity index (χ4v) is 6.52. The number of benzene rings is 1. The standard InChI is InChI=1S/C28H28N6OS2/c1-3-34-26-19(17-22(27(34)35)23-10-11-25(37-23)24-5-4-16-36-24)18-29-28(31-26)30-20-6-8-21(9-7-20)33-14-12-32(2)13-15-33/h4-11,16-18H,3,12-15H2,1-2H3,(H,29,30,31). The van der Waals surface area contributed by atoms with E-state index < -0.39 is 0 Å². The fraction of sp³-hybridized carbons (Fsp3) is 0.250. The molecule has 1 aliphatic rings. The van der Waals surface area contributed by atoms with Crippen LogP contribution in [0.25, 0.3) is 31.2 Å². The predicted octanol–water partition coefficient (Wildman–Crippen LogP) is 5.76. The van der Waals surface area contributed by atoms with Crippen LogP contribution in [-0.4, -0.2) is 52.7 Å². The molecule has 5 heterocycles. The van der Waals surface area contributed by atoms with Crippen molar-refractivity contribution in [1.82, 2.24) is 19.4 Å². The molecule has 1 N–H and O–H groups in total.